The molecule has 1 heterocycles. The third-order valence-electron chi connectivity index (χ3n) is 2.38. The average Bonchev–Trinajstić information content (AvgIpc) is 2.83. The number of benzene rings is 1. The Morgan fingerprint density at radius 1 is 1.24 bits per heavy atom. The van der Waals surface area contributed by atoms with E-state index in [4.69, 9.17) is 4.42 Å². The first-order valence-corrected chi connectivity index (χ1v) is 5.22. The van der Waals surface area contributed by atoms with Crippen LogP contribution in [0.4, 0.5) is 0 Å². The smallest absolute Gasteiger partial charge is 0.224 e. The van der Waals surface area contributed by atoms with Crippen LogP contribution in [-0.2, 0) is 0 Å². The number of furan rings is 1. The molecule has 3 nitrogen and oxygen atoms in total. The summed E-state index contributed by atoms with van der Waals surface area (Å²) in [5.74, 6) is -0.205. The van der Waals surface area contributed by atoms with Gasteiger partial charge in [0.15, 0.2) is 5.76 Å². The quantitative estimate of drug-likeness (QED) is 0.497. The molecule has 0 fully saturated rings. The largest absolute Gasteiger partial charge is 0.507 e. The highest BCUT2D eigenvalue weighted by Gasteiger charge is 2.08. The molecule has 0 unspecified atom stereocenters. The van der Waals surface area contributed by atoms with Crippen LogP contribution in [0.1, 0.15) is 21.7 Å². The van der Waals surface area contributed by atoms with E-state index in [1.807, 2.05) is 19.1 Å². The van der Waals surface area contributed by atoms with Crippen molar-refractivity contribution in [3.05, 3.63) is 65.6 Å². The van der Waals surface area contributed by atoms with Crippen molar-refractivity contribution in [3.63, 3.8) is 0 Å². The van der Waals surface area contributed by atoms with Gasteiger partial charge in [0.2, 0.25) is 5.78 Å². The summed E-state index contributed by atoms with van der Waals surface area (Å²) in [5.41, 5.74) is 1.70. The van der Waals surface area contributed by atoms with E-state index >= 15 is 0 Å². The highest BCUT2D eigenvalue weighted by atomic mass is 16.3. The van der Waals surface area contributed by atoms with Gasteiger partial charge in [0, 0.05) is 11.6 Å². The number of rotatable bonds is 3. The second-order valence-corrected chi connectivity index (χ2v) is 3.74. The van der Waals surface area contributed by atoms with Gasteiger partial charge < -0.3 is 9.52 Å². The van der Waals surface area contributed by atoms with E-state index in [1.54, 1.807) is 24.3 Å². The number of aliphatic hydroxyl groups excluding tert-OH is 1. The van der Waals surface area contributed by atoms with Gasteiger partial charge in [-0.3, -0.25) is 4.79 Å². The molecule has 17 heavy (non-hydrogen) atoms. The average molecular weight is 228 g/mol. The molecule has 3 heteroatoms. The molecule has 0 aliphatic rings. The van der Waals surface area contributed by atoms with Crippen molar-refractivity contribution in [3.8, 4) is 0 Å². The number of allylic oxidation sites excluding steroid dienone is 1. The maximum absolute atomic E-state index is 11.6. The minimum Gasteiger partial charge on any atom is -0.507 e. The molecule has 0 aliphatic heterocycles. The van der Waals surface area contributed by atoms with Crippen LogP contribution in [0.2, 0.25) is 0 Å². The highest BCUT2D eigenvalue weighted by Crippen LogP contribution is 2.14. The summed E-state index contributed by atoms with van der Waals surface area (Å²) in [6, 6.07) is 10.5. The molecular formula is C14H12O3. The van der Waals surface area contributed by atoms with Crippen molar-refractivity contribution in [2.24, 2.45) is 0 Å². The van der Waals surface area contributed by atoms with E-state index in [0.717, 1.165) is 11.6 Å². The molecule has 1 aromatic heterocycles. The van der Waals surface area contributed by atoms with Gasteiger partial charge in [-0.15, -0.1) is 0 Å². The Balaban J connectivity index is 2.22. The fourth-order valence-corrected chi connectivity index (χ4v) is 1.42. The Hall–Kier alpha value is -2.29. The monoisotopic (exact) mass is 228 g/mol. The number of hydrogen-bond donors (Lipinski definition) is 1. The zero-order chi connectivity index (χ0) is 12.3. The molecule has 1 N–H and O–H groups in total. The van der Waals surface area contributed by atoms with Gasteiger partial charge in [-0.1, -0.05) is 29.8 Å². The molecule has 0 aliphatic carbocycles. The first-order chi connectivity index (χ1) is 8.16. The SMILES string of the molecule is Cc1ccc(C(O)=CC(=O)c2ccco2)cc1. The molecule has 0 spiro atoms. The van der Waals surface area contributed by atoms with E-state index in [0.29, 0.717) is 5.56 Å². The van der Waals surface area contributed by atoms with Crippen LogP contribution in [0.3, 0.4) is 0 Å². The predicted molar refractivity (Wildman–Crippen MR) is 64.8 cm³/mol. The molecule has 1 aromatic carbocycles. The Bertz CT molecular complexity index is 533. The van der Waals surface area contributed by atoms with E-state index in [-0.39, 0.29) is 17.3 Å². The van der Waals surface area contributed by atoms with Crippen LogP contribution >= 0.6 is 0 Å². The molecule has 0 atom stereocenters. The third-order valence-corrected chi connectivity index (χ3v) is 2.38. The Morgan fingerprint density at radius 3 is 2.53 bits per heavy atom. The van der Waals surface area contributed by atoms with Crippen LogP contribution in [0.5, 0.6) is 0 Å². The standard InChI is InChI=1S/C14H12O3/c1-10-4-6-11(7-5-10)12(15)9-13(16)14-3-2-8-17-14/h2-9,15H,1H3. The fraction of sp³-hybridized carbons (Fsp3) is 0.0714. The van der Waals surface area contributed by atoms with E-state index in [2.05, 4.69) is 0 Å². The van der Waals surface area contributed by atoms with Gasteiger partial charge in [-0.25, -0.2) is 0 Å². The lowest BCUT2D eigenvalue weighted by atomic mass is 10.1. The summed E-state index contributed by atoms with van der Waals surface area (Å²) >= 11 is 0. The number of ketones is 1. The van der Waals surface area contributed by atoms with Gasteiger partial charge in [-0.2, -0.15) is 0 Å². The van der Waals surface area contributed by atoms with Crippen molar-refractivity contribution in [1.29, 1.82) is 0 Å². The normalized spacial score (nSPS) is 11.5. The van der Waals surface area contributed by atoms with Crippen molar-refractivity contribution in [1.82, 2.24) is 0 Å². The van der Waals surface area contributed by atoms with Crippen LogP contribution < -0.4 is 0 Å². The molecular weight excluding hydrogens is 216 g/mol. The van der Waals surface area contributed by atoms with Crippen molar-refractivity contribution < 1.29 is 14.3 Å². The van der Waals surface area contributed by atoms with Crippen LogP contribution in [0.15, 0.2) is 53.2 Å². The molecule has 0 bridgehead atoms. The molecule has 0 saturated heterocycles. The first kappa shape index (κ1) is 11.2. The fourth-order valence-electron chi connectivity index (χ4n) is 1.42. The Morgan fingerprint density at radius 2 is 1.94 bits per heavy atom. The molecule has 0 saturated carbocycles. The number of carbonyl (C=O) groups excluding carboxylic acids is 1. The Labute approximate surface area is 99.0 Å². The number of aryl methyl sites for hydroxylation is 1. The minimum atomic E-state index is -0.354. The number of carbonyl (C=O) groups is 1. The van der Waals surface area contributed by atoms with Crippen molar-refractivity contribution in [2.45, 2.75) is 6.92 Å². The van der Waals surface area contributed by atoms with Crippen LogP contribution in [-0.4, -0.2) is 10.9 Å². The lowest BCUT2D eigenvalue weighted by Crippen LogP contribution is -1.94. The summed E-state index contributed by atoms with van der Waals surface area (Å²) in [6.07, 6.45) is 2.58. The summed E-state index contributed by atoms with van der Waals surface area (Å²) in [5, 5.41) is 9.78. The second-order valence-electron chi connectivity index (χ2n) is 3.74. The van der Waals surface area contributed by atoms with Gasteiger partial charge in [0.1, 0.15) is 5.76 Å². The zero-order valence-electron chi connectivity index (χ0n) is 9.38. The number of hydrogen-bond acceptors (Lipinski definition) is 3. The maximum atomic E-state index is 11.6. The lowest BCUT2D eigenvalue weighted by molar-refractivity contribution is 0.102. The van der Waals surface area contributed by atoms with Crippen molar-refractivity contribution >= 4 is 11.5 Å². The molecule has 2 rings (SSSR count). The summed E-state index contributed by atoms with van der Waals surface area (Å²) < 4.78 is 4.95. The van der Waals surface area contributed by atoms with Crippen LogP contribution in [0.25, 0.3) is 5.76 Å². The van der Waals surface area contributed by atoms with Gasteiger partial charge in [-0.05, 0) is 19.1 Å². The van der Waals surface area contributed by atoms with Crippen LogP contribution in [0, 0.1) is 6.92 Å². The summed E-state index contributed by atoms with van der Waals surface area (Å²) in [6.45, 7) is 1.96. The molecule has 0 radical (unpaired) electrons. The highest BCUT2D eigenvalue weighted by molar-refractivity contribution is 6.05. The van der Waals surface area contributed by atoms with E-state index in [1.165, 1.54) is 6.26 Å². The molecule has 0 amide bonds. The van der Waals surface area contributed by atoms with E-state index in [9.17, 15) is 9.90 Å². The first-order valence-electron chi connectivity index (χ1n) is 5.22. The van der Waals surface area contributed by atoms with Gasteiger partial charge in [0.05, 0.1) is 6.26 Å². The zero-order valence-corrected chi connectivity index (χ0v) is 9.38. The predicted octanol–water partition coefficient (Wildman–Crippen LogP) is 3.37. The summed E-state index contributed by atoms with van der Waals surface area (Å²) in [4.78, 5) is 11.6. The number of aliphatic hydroxyl groups is 1. The maximum Gasteiger partial charge on any atom is 0.224 e. The second kappa shape index (κ2) is 4.70. The van der Waals surface area contributed by atoms with Crippen molar-refractivity contribution in [2.75, 3.05) is 0 Å². The van der Waals surface area contributed by atoms with Gasteiger partial charge >= 0.3 is 0 Å². The molecule has 86 valence electrons. The van der Waals surface area contributed by atoms with Gasteiger partial charge in [0.25, 0.3) is 0 Å². The minimum absolute atomic E-state index is 0.0635. The summed E-state index contributed by atoms with van der Waals surface area (Å²) in [7, 11) is 0. The Kier molecular flexibility index (Phi) is 3.10. The topological polar surface area (TPSA) is 50.4 Å². The molecule has 2 aromatic rings. The third kappa shape index (κ3) is 2.64. The van der Waals surface area contributed by atoms with E-state index < -0.39 is 0 Å². The lowest BCUT2D eigenvalue weighted by Gasteiger charge is -2.00.